The molecule has 0 bridgehead atoms. The molecule has 1 aromatic rings. The lowest BCUT2D eigenvalue weighted by Gasteiger charge is -2.36. The number of benzene rings is 1. The molecule has 1 aliphatic heterocycles. The first-order chi connectivity index (χ1) is 11.3. The second kappa shape index (κ2) is 7.18. The number of carbonyl (C=O) groups excluding carboxylic acids is 1. The highest BCUT2D eigenvalue weighted by molar-refractivity contribution is 7.89. The van der Waals surface area contributed by atoms with Gasteiger partial charge in [0, 0.05) is 19.5 Å². The van der Waals surface area contributed by atoms with Crippen molar-refractivity contribution in [3.05, 3.63) is 24.3 Å². The van der Waals surface area contributed by atoms with Gasteiger partial charge in [-0.25, -0.2) is 8.42 Å². The summed E-state index contributed by atoms with van der Waals surface area (Å²) in [7, 11) is -2.48. The molecule has 132 valence electrons. The van der Waals surface area contributed by atoms with E-state index in [9.17, 15) is 23.1 Å². The summed E-state index contributed by atoms with van der Waals surface area (Å²) in [4.78, 5) is 22.7. The Morgan fingerprint density at radius 1 is 1.29 bits per heavy atom. The largest absolute Gasteiger partial charge is 0.497 e. The van der Waals surface area contributed by atoms with E-state index < -0.39 is 22.0 Å². The molecule has 2 atom stereocenters. The average molecular weight is 356 g/mol. The molecule has 8 nitrogen and oxygen atoms in total. The van der Waals surface area contributed by atoms with Crippen LogP contribution in [-0.2, 0) is 19.6 Å². The highest BCUT2D eigenvalue weighted by Crippen LogP contribution is 2.27. The van der Waals surface area contributed by atoms with Crippen LogP contribution in [0.4, 0.5) is 0 Å². The number of rotatable bonds is 5. The predicted octanol–water partition coefficient (Wildman–Crippen LogP) is 0.438. The Morgan fingerprint density at radius 2 is 1.92 bits per heavy atom. The van der Waals surface area contributed by atoms with Crippen LogP contribution in [0.25, 0.3) is 0 Å². The molecule has 1 fully saturated rings. The van der Waals surface area contributed by atoms with Crippen molar-refractivity contribution < 1.29 is 27.9 Å². The van der Waals surface area contributed by atoms with Gasteiger partial charge in [-0.1, -0.05) is 0 Å². The molecule has 0 radical (unpaired) electrons. The normalized spacial score (nSPS) is 21.9. The Morgan fingerprint density at radius 3 is 2.42 bits per heavy atom. The van der Waals surface area contributed by atoms with Gasteiger partial charge in [-0.3, -0.25) is 9.59 Å². The number of nitrogens with one attached hydrogen (secondary N) is 1. The van der Waals surface area contributed by atoms with Crippen LogP contribution in [0.2, 0.25) is 0 Å². The van der Waals surface area contributed by atoms with Gasteiger partial charge in [-0.2, -0.15) is 4.31 Å². The highest BCUT2D eigenvalue weighted by Gasteiger charge is 2.41. The highest BCUT2D eigenvalue weighted by atomic mass is 32.2. The molecule has 24 heavy (non-hydrogen) atoms. The number of sulfonamides is 1. The number of carboxylic acid groups (broad SMARTS) is 1. The fourth-order valence-corrected chi connectivity index (χ4v) is 4.36. The van der Waals surface area contributed by atoms with Crippen LogP contribution in [0.5, 0.6) is 5.75 Å². The van der Waals surface area contributed by atoms with Gasteiger partial charge in [0.25, 0.3) is 0 Å². The fourth-order valence-electron chi connectivity index (χ4n) is 2.76. The van der Waals surface area contributed by atoms with E-state index in [2.05, 4.69) is 5.32 Å². The summed E-state index contributed by atoms with van der Waals surface area (Å²) < 4.78 is 31.5. The van der Waals surface area contributed by atoms with E-state index in [0.29, 0.717) is 12.2 Å². The Kier molecular flexibility index (Phi) is 5.45. The minimum Gasteiger partial charge on any atom is -0.497 e. The minimum absolute atomic E-state index is 0.00697. The van der Waals surface area contributed by atoms with Crippen molar-refractivity contribution in [1.29, 1.82) is 0 Å². The molecule has 1 aliphatic rings. The van der Waals surface area contributed by atoms with Crippen LogP contribution >= 0.6 is 0 Å². The first-order valence-corrected chi connectivity index (χ1v) is 8.85. The van der Waals surface area contributed by atoms with Crippen molar-refractivity contribution >= 4 is 21.9 Å². The van der Waals surface area contributed by atoms with E-state index in [-0.39, 0.29) is 29.8 Å². The summed E-state index contributed by atoms with van der Waals surface area (Å²) in [6.45, 7) is 1.37. The molecule has 0 aliphatic carbocycles. The molecule has 0 saturated carbocycles. The van der Waals surface area contributed by atoms with Crippen molar-refractivity contribution in [3.63, 3.8) is 0 Å². The molecule has 9 heteroatoms. The zero-order valence-electron chi connectivity index (χ0n) is 13.4. The Bertz CT molecular complexity index is 716. The number of carbonyl (C=O) groups is 2. The number of methoxy groups -OCH3 is 1. The van der Waals surface area contributed by atoms with Crippen LogP contribution in [0.1, 0.15) is 19.8 Å². The lowest BCUT2D eigenvalue weighted by atomic mass is 9.99. The zero-order valence-corrected chi connectivity index (χ0v) is 14.2. The number of hydrogen-bond acceptors (Lipinski definition) is 5. The monoisotopic (exact) mass is 356 g/mol. The SMILES string of the molecule is COc1ccc(S(=O)(=O)N2CC[C@@H](NC(C)=O)C[C@@H]2C(=O)O)cc1. The van der Waals surface area contributed by atoms with Crippen LogP contribution in [-0.4, -0.2) is 55.4 Å². The predicted molar refractivity (Wildman–Crippen MR) is 85.1 cm³/mol. The zero-order chi connectivity index (χ0) is 17.9. The van der Waals surface area contributed by atoms with E-state index in [1.54, 1.807) is 0 Å². The van der Waals surface area contributed by atoms with E-state index >= 15 is 0 Å². The van der Waals surface area contributed by atoms with Gasteiger partial charge in [0.15, 0.2) is 0 Å². The summed E-state index contributed by atoms with van der Waals surface area (Å²) in [6.07, 6.45) is 0.392. The maximum Gasteiger partial charge on any atom is 0.322 e. The second-order valence-corrected chi connectivity index (χ2v) is 7.46. The van der Waals surface area contributed by atoms with Crippen molar-refractivity contribution in [3.8, 4) is 5.75 Å². The standard InChI is InChI=1S/C15H20N2O6S/c1-10(18)16-11-7-8-17(14(9-11)15(19)20)24(21,22)13-5-3-12(23-2)4-6-13/h3-6,11,14H,7-9H2,1-2H3,(H,16,18)(H,19,20)/t11-,14-/m1/s1. The van der Waals surface area contributed by atoms with Gasteiger partial charge in [-0.05, 0) is 37.1 Å². The number of amides is 1. The smallest absolute Gasteiger partial charge is 0.322 e. The van der Waals surface area contributed by atoms with Crippen molar-refractivity contribution in [2.75, 3.05) is 13.7 Å². The topological polar surface area (TPSA) is 113 Å². The van der Waals surface area contributed by atoms with E-state index in [1.165, 1.54) is 38.3 Å². The molecule has 0 spiro atoms. The summed E-state index contributed by atoms with van der Waals surface area (Å²) in [6, 6.07) is 4.20. The van der Waals surface area contributed by atoms with Gasteiger partial charge >= 0.3 is 5.97 Å². The van der Waals surface area contributed by atoms with Crippen molar-refractivity contribution in [1.82, 2.24) is 9.62 Å². The summed E-state index contributed by atoms with van der Waals surface area (Å²) in [5, 5.41) is 12.1. The maximum absolute atomic E-state index is 12.8. The molecule has 1 heterocycles. The Hall–Kier alpha value is -2.13. The first kappa shape index (κ1) is 18.2. The maximum atomic E-state index is 12.8. The summed E-state index contributed by atoms with van der Waals surface area (Å²) >= 11 is 0. The third kappa shape index (κ3) is 3.85. The van der Waals surface area contributed by atoms with Gasteiger partial charge in [0.1, 0.15) is 11.8 Å². The first-order valence-electron chi connectivity index (χ1n) is 7.41. The molecule has 2 rings (SSSR count). The lowest BCUT2D eigenvalue weighted by Crippen LogP contribution is -2.54. The van der Waals surface area contributed by atoms with Crippen LogP contribution in [0, 0.1) is 0 Å². The van der Waals surface area contributed by atoms with E-state index in [4.69, 9.17) is 4.74 Å². The van der Waals surface area contributed by atoms with Gasteiger partial charge in [-0.15, -0.1) is 0 Å². The molecular formula is C15H20N2O6S. The number of piperidine rings is 1. The fraction of sp³-hybridized carbons (Fsp3) is 0.467. The number of nitrogens with zero attached hydrogens (tertiary/aromatic N) is 1. The molecule has 0 aromatic heterocycles. The van der Waals surface area contributed by atoms with Crippen molar-refractivity contribution in [2.45, 2.75) is 36.7 Å². The van der Waals surface area contributed by atoms with Crippen LogP contribution in [0.3, 0.4) is 0 Å². The van der Waals surface area contributed by atoms with Gasteiger partial charge < -0.3 is 15.2 Å². The van der Waals surface area contributed by atoms with Crippen LogP contribution < -0.4 is 10.1 Å². The molecule has 0 unspecified atom stereocenters. The summed E-state index contributed by atoms with van der Waals surface area (Å²) in [5.41, 5.74) is 0. The van der Waals surface area contributed by atoms with Crippen LogP contribution in [0.15, 0.2) is 29.2 Å². The van der Waals surface area contributed by atoms with E-state index in [0.717, 1.165) is 4.31 Å². The van der Waals surface area contributed by atoms with Gasteiger partial charge in [0.05, 0.1) is 12.0 Å². The molecule has 1 saturated heterocycles. The van der Waals surface area contributed by atoms with Gasteiger partial charge in [0.2, 0.25) is 15.9 Å². The van der Waals surface area contributed by atoms with E-state index in [1.807, 2.05) is 0 Å². The third-order valence-electron chi connectivity index (χ3n) is 3.91. The molecule has 1 aromatic carbocycles. The molecule has 1 amide bonds. The number of carboxylic acids is 1. The Balaban J connectivity index is 2.27. The summed E-state index contributed by atoms with van der Waals surface area (Å²) in [5.74, 6) is -0.995. The Labute approximate surface area is 140 Å². The lowest BCUT2D eigenvalue weighted by molar-refractivity contribution is -0.143. The second-order valence-electron chi connectivity index (χ2n) is 5.57. The number of ether oxygens (including phenoxy) is 1. The third-order valence-corrected chi connectivity index (χ3v) is 5.83. The quantitative estimate of drug-likeness (QED) is 0.791. The number of aliphatic carboxylic acids is 1. The van der Waals surface area contributed by atoms with Crippen molar-refractivity contribution in [2.24, 2.45) is 0 Å². The molecular weight excluding hydrogens is 336 g/mol. The average Bonchev–Trinajstić information content (AvgIpc) is 2.54. The molecule has 2 N–H and O–H groups in total. The minimum atomic E-state index is -3.95. The number of hydrogen-bond donors (Lipinski definition) is 2.